The molecule has 0 aliphatic rings. The average Bonchev–Trinajstić information content (AvgIpc) is 2.63. The highest BCUT2D eigenvalue weighted by molar-refractivity contribution is 9.11. The van der Waals surface area contributed by atoms with Gasteiger partial charge in [-0.3, -0.25) is 0 Å². The Balaban J connectivity index is 2.14. The summed E-state index contributed by atoms with van der Waals surface area (Å²) in [6, 6.07) is 3.84. The van der Waals surface area contributed by atoms with Crippen LogP contribution in [0.15, 0.2) is 28.4 Å². The number of nitrogens with zero attached hydrogens (tertiary/aromatic N) is 1. The molecule has 0 saturated carbocycles. The van der Waals surface area contributed by atoms with Gasteiger partial charge in [0.1, 0.15) is 0 Å². The second kappa shape index (κ2) is 3.28. The van der Waals surface area contributed by atoms with Crippen LogP contribution in [0.2, 0.25) is 0 Å². The number of hydrogen-bond acceptors (Lipinski definition) is 3. The Labute approximate surface area is 81.5 Å². The van der Waals surface area contributed by atoms with Crippen molar-refractivity contribution in [1.29, 1.82) is 0 Å². The molecule has 2 heterocycles. The van der Waals surface area contributed by atoms with Crippen LogP contribution in [0.1, 0.15) is 0 Å². The molecule has 12 heavy (non-hydrogen) atoms. The van der Waals surface area contributed by atoms with Crippen molar-refractivity contribution in [3.05, 3.63) is 28.4 Å². The molecule has 0 atom stereocenters. The monoisotopic (exact) mass is 244 g/mol. The lowest BCUT2D eigenvalue weighted by Gasteiger charge is -1.95. The summed E-state index contributed by atoms with van der Waals surface area (Å²) in [5.41, 5.74) is 0. The predicted octanol–water partition coefficient (Wildman–Crippen LogP) is 3.03. The zero-order valence-electron chi connectivity index (χ0n) is 5.95. The molecular formula is C7H5BrN2OS. The van der Waals surface area contributed by atoms with Crippen LogP contribution in [0.25, 0.3) is 0 Å². The van der Waals surface area contributed by atoms with Crippen LogP contribution in [0.3, 0.4) is 0 Å². The molecule has 0 bridgehead atoms. The quantitative estimate of drug-likeness (QED) is 0.882. The number of aromatic nitrogens is 2. The molecule has 0 spiro atoms. The number of hydrogen-bond donors (Lipinski definition) is 1. The Kier molecular flexibility index (Phi) is 2.14. The molecule has 0 saturated heterocycles. The van der Waals surface area contributed by atoms with E-state index in [-0.39, 0.29) is 0 Å². The maximum atomic E-state index is 5.41. The molecule has 0 aliphatic carbocycles. The minimum atomic E-state index is 0.657. The van der Waals surface area contributed by atoms with Crippen LogP contribution in [0.5, 0.6) is 10.9 Å². The normalized spacial score (nSPS) is 10.1. The largest absolute Gasteiger partial charge is 0.429 e. The Morgan fingerprint density at radius 3 is 3.00 bits per heavy atom. The van der Waals surface area contributed by atoms with Gasteiger partial charge < -0.3 is 9.72 Å². The summed E-state index contributed by atoms with van der Waals surface area (Å²) in [7, 11) is 0. The van der Waals surface area contributed by atoms with Gasteiger partial charge in [0.2, 0.25) is 5.88 Å². The number of imidazole rings is 1. The van der Waals surface area contributed by atoms with Crippen molar-refractivity contribution in [3.63, 3.8) is 0 Å². The van der Waals surface area contributed by atoms with Gasteiger partial charge in [-0.25, -0.2) is 4.98 Å². The minimum absolute atomic E-state index is 0.657. The van der Waals surface area contributed by atoms with Crippen LogP contribution < -0.4 is 4.74 Å². The number of thiophene rings is 1. The Morgan fingerprint density at radius 2 is 2.42 bits per heavy atom. The molecular weight excluding hydrogens is 240 g/mol. The predicted molar refractivity (Wildman–Crippen MR) is 50.7 cm³/mol. The minimum Gasteiger partial charge on any atom is -0.429 e. The molecule has 2 rings (SSSR count). The van der Waals surface area contributed by atoms with E-state index in [0.717, 1.165) is 8.85 Å². The third kappa shape index (κ3) is 1.67. The summed E-state index contributed by atoms with van der Waals surface area (Å²) in [5.74, 6) is 0.657. The maximum Gasteiger partial charge on any atom is 0.218 e. The van der Waals surface area contributed by atoms with E-state index >= 15 is 0 Å². The molecule has 2 aromatic heterocycles. The van der Waals surface area contributed by atoms with Gasteiger partial charge in [0.05, 0.1) is 16.3 Å². The lowest BCUT2D eigenvalue weighted by molar-refractivity contribution is 0.479. The van der Waals surface area contributed by atoms with Crippen LogP contribution in [-0.4, -0.2) is 9.97 Å². The first-order valence-corrected chi connectivity index (χ1v) is 4.87. The molecule has 5 heteroatoms. The van der Waals surface area contributed by atoms with E-state index in [1.54, 1.807) is 12.5 Å². The third-order valence-corrected chi connectivity index (χ3v) is 2.73. The van der Waals surface area contributed by atoms with Gasteiger partial charge in [-0.15, -0.1) is 0 Å². The van der Waals surface area contributed by atoms with Gasteiger partial charge in [0.15, 0.2) is 5.06 Å². The Morgan fingerprint density at radius 1 is 1.50 bits per heavy atom. The van der Waals surface area contributed by atoms with Crippen molar-refractivity contribution in [3.8, 4) is 10.9 Å². The summed E-state index contributed by atoms with van der Waals surface area (Å²) in [4.78, 5) is 6.69. The van der Waals surface area contributed by atoms with Gasteiger partial charge in [0.25, 0.3) is 0 Å². The van der Waals surface area contributed by atoms with Crippen molar-refractivity contribution in [2.24, 2.45) is 0 Å². The molecule has 0 aliphatic heterocycles. The third-order valence-electron chi connectivity index (χ3n) is 1.23. The van der Waals surface area contributed by atoms with Crippen molar-refractivity contribution in [2.45, 2.75) is 0 Å². The first-order valence-electron chi connectivity index (χ1n) is 3.26. The number of halogens is 1. The van der Waals surface area contributed by atoms with E-state index < -0.39 is 0 Å². The van der Waals surface area contributed by atoms with Gasteiger partial charge >= 0.3 is 0 Å². The van der Waals surface area contributed by atoms with E-state index in [9.17, 15) is 0 Å². The van der Waals surface area contributed by atoms with Crippen molar-refractivity contribution in [1.82, 2.24) is 9.97 Å². The molecule has 0 radical (unpaired) electrons. The second-order valence-electron chi connectivity index (χ2n) is 2.08. The van der Waals surface area contributed by atoms with Crippen molar-refractivity contribution in [2.75, 3.05) is 0 Å². The van der Waals surface area contributed by atoms with Crippen LogP contribution in [0, 0.1) is 0 Å². The number of rotatable bonds is 2. The summed E-state index contributed by atoms with van der Waals surface area (Å²) < 4.78 is 6.46. The highest BCUT2D eigenvalue weighted by Gasteiger charge is 2.00. The lowest BCUT2D eigenvalue weighted by atomic mass is 10.6. The smallest absolute Gasteiger partial charge is 0.218 e. The van der Waals surface area contributed by atoms with Gasteiger partial charge in [-0.05, 0) is 28.1 Å². The SMILES string of the molecule is Brc1ccc(Oc2cnc[nH]2)s1. The zero-order valence-corrected chi connectivity index (χ0v) is 8.35. The number of H-pyrrole nitrogens is 1. The first-order chi connectivity index (χ1) is 5.84. The van der Waals surface area contributed by atoms with E-state index in [4.69, 9.17) is 4.74 Å². The van der Waals surface area contributed by atoms with Gasteiger partial charge in [-0.2, -0.15) is 0 Å². The Bertz CT molecular complexity index is 357. The fourth-order valence-electron chi connectivity index (χ4n) is 0.760. The van der Waals surface area contributed by atoms with Crippen molar-refractivity contribution < 1.29 is 4.74 Å². The maximum absolute atomic E-state index is 5.41. The number of ether oxygens (including phenoxy) is 1. The van der Waals surface area contributed by atoms with E-state index in [0.29, 0.717) is 5.88 Å². The highest BCUT2D eigenvalue weighted by Crippen LogP contribution is 2.31. The number of nitrogens with one attached hydrogen (secondary N) is 1. The molecule has 3 nitrogen and oxygen atoms in total. The summed E-state index contributed by atoms with van der Waals surface area (Å²) >= 11 is 4.88. The van der Waals surface area contributed by atoms with Gasteiger partial charge in [-0.1, -0.05) is 11.3 Å². The van der Waals surface area contributed by atoms with E-state index in [2.05, 4.69) is 25.9 Å². The fourth-order valence-corrected chi connectivity index (χ4v) is 1.97. The molecule has 0 amide bonds. The number of aromatic amines is 1. The molecule has 0 fully saturated rings. The fraction of sp³-hybridized carbons (Fsp3) is 0. The summed E-state index contributed by atoms with van der Waals surface area (Å²) in [6.45, 7) is 0. The van der Waals surface area contributed by atoms with Crippen LogP contribution in [0.4, 0.5) is 0 Å². The second-order valence-corrected chi connectivity index (χ2v) is 4.50. The standard InChI is InChI=1S/C7H5BrN2OS/c8-5-1-2-7(12-5)11-6-3-9-4-10-6/h1-4H,(H,9,10). The average molecular weight is 245 g/mol. The zero-order chi connectivity index (χ0) is 8.39. The highest BCUT2D eigenvalue weighted by atomic mass is 79.9. The van der Waals surface area contributed by atoms with Crippen LogP contribution >= 0.6 is 27.3 Å². The first kappa shape index (κ1) is 7.82. The van der Waals surface area contributed by atoms with E-state index in [1.807, 2.05) is 12.1 Å². The van der Waals surface area contributed by atoms with Crippen molar-refractivity contribution >= 4 is 27.3 Å². The summed E-state index contributed by atoms with van der Waals surface area (Å²) in [6.07, 6.45) is 3.21. The topological polar surface area (TPSA) is 37.9 Å². The molecule has 2 aromatic rings. The Hall–Kier alpha value is -0.810. The van der Waals surface area contributed by atoms with Crippen LogP contribution in [-0.2, 0) is 0 Å². The molecule has 0 aromatic carbocycles. The molecule has 1 N–H and O–H groups in total. The van der Waals surface area contributed by atoms with Gasteiger partial charge in [0, 0.05) is 0 Å². The molecule has 62 valence electrons. The van der Waals surface area contributed by atoms with E-state index in [1.165, 1.54) is 11.3 Å². The summed E-state index contributed by atoms with van der Waals surface area (Å²) in [5, 5.41) is 0.839. The lowest BCUT2D eigenvalue weighted by Crippen LogP contribution is -1.77. The molecule has 0 unspecified atom stereocenters.